The van der Waals surface area contributed by atoms with Crippen LogP contribution >= 0.6 is 0 Å². The predicted molar refractivity (Wildman–Crippen MR) is 65.1 cm³/mol. The van der Waals surface area contributed by atoms with Gasteiger partial charge in [-0.25, -0.2) is 0 Å². The fraction of sp³-hybridized carbons (Fsp3) is 0.636. The van der Waals surface area contributed by atoms with E-state index in [0.717, 1.165) is 12.8 Å². The van der Waals surface area contributed by atoms with Crippen LogP contribution in [0.15, 0.2) is 11.9 Å². The van der Waals surface area contributed by atoms with E-state index in [1.54, 1.807) is 0 Å². The highest BCUT2D eigenvalue weighted by Crippen LogP contribution is 1.98. The normalized spacial score (nSPS) is 8.76. The molecule has 6 nitrogen and oxygen atoms in total. The molecule has 0 heterocycles. The molecule has 6 N–H and O–H groups in total. The molecule has 0 aliphatic heterocycles. The molecule has 0 aromatic heterocycles. The van der Waals surface area contributed by atoms with Crippen molar-refractivity contribution in [2.24, 2.45) is 11.5 Å². The molecular weight excluding hydrogens is 224 g/mol. The summed E-state index contributed by atoms with van der Waals surface area (Å²) in [5, 5.41) is 16.3. The quantitative estimate of drug-likeness (QED) is 0.501. The minimum atomic E-state index is -0.870. The Morgan fingerprint density at radius 3 is 1.65 bits per heavy atom. The van der Waals surface area contributed by atoms with Crippen LogP contribution in [0.5, 0.6) is 0 Å². The fourth-order valence-corrected chi connectivity index (χ4v) is 0.863. The second kappa shape index (κ2) is 12.4. The van der Waals surface area contributed by atoms with Gasteiger partial charge in [0.15, 0.2) is 0 Å². The van der Waals surface area contributed by atoms with Crippen LogP contribution in [-0.2, 0) is 9.59 Å². The summed E-state index contributed by atoms with van der Waals surface area (Å²) in [6, 6.07) is 0. The molecule has 0 amide bonds. The topological polar surface area (TPSA) is 127 Å². The Hall–Kier alpha value is -1.72. The second-order valence-corrected chi connectivity index (χ2v) is 3.49. The van der Waals surface area contributed by atoms with E-state index in [1.807, 2.05) is 6.08 Å². The SMILES string of the molecule is CCCC=C(N)N.O=C(O)CCCCC(=O)O. The standard InChI is InChI=1S/C6H10O4.C5H12N2/c7-5(8)3-1-2-4-6(9)10;1-2-3-4-5(6)7/h1-4H2,(H,7,8)(H,9,10);4H,2-3,6-7H2,1H3. The van der Waals surface area contributed by atoms with Crippen LogP contribution in [0.2, 0.25) is 0 Å². The number of nitrogens with two attached hydrogens (primary N) is 2. The fourth-order valence-electron chi connectivity index (χ4n) is 0.863. The lowest BCUT2D eigenvalue weighted by atomic mass is 10.2. The molecule has 0 saturated carbocycles. The van der Waals surface area contributed by atoms with Gasteiger partial charge in [0.25, 0.3) is 0 Å². The molecule has 0 radical (unpaired) electrons. The lowest BCUT2D eigenvalue weighted by Gasteiger charge is -1.92. The predicted octanol–water partition coefficient (Wildman–Crippen LogP) is 1.26. The van der Waals surface area contributed by atoms with Gasteiger partial charge >= 0.3 is 11.9 Å². The monoisotopic (exact) mass is 246 g/mol. The number of rotatable bonds is 7. The first-order chi connectivity index (χ1) is 7.90. The zero-order chi connectivity index (χ0) is 13.7. The largest absolute Gasteiger partial charge is 0.481 e. The van der Waals surface area contributed by atoms with Crippen molar-refractivity contribution in [3.8, 4) is 0 Å². The van der Waals surface area contributed by atoms with Crippen molar-refractivity contribution in [3.05, 3.63) is 11.9 Å². The van der Waals surface area contributed by atoms with Crippen LogP contribution in [0.3, 0.4) is 0 Å². The summed E-state index contributed by atoms with van der Waals surface area (Å²) in [5.41, 5.74) is 10.2. The first-order valence-electron chi connectivity index (χ1n) is 5.54. The van der Waals surface area contributed by atoms with Crippen LogP contribution in [0.4, 0.5) is 0 Å². The molecule has 0 unspecified atom stereocenters. The Balaban J connectivity index is 0. The molecule has 0 bridgehead atoms. The maximum absolute atomic E-state index is 9.90. The van der Waals surface area contributed by atoms with Crippen LogP contribution in [0.25, 0.3) is 0 Å². The van der Waals surface area contributed by atoms with Crippen molar-refractivity contribution < 1.29 is 19.8 Å². The van der Waals surface area contributed by atoms with Crippen molar-refractivity contribution >= 4 is 11.9 Å². The van der Waals surface area contributed by atoms with Gasteiger partial charge in [0, 0.05) is 12.8 Å². The zero-order valence-corrected chi connectivity index (χ0v) is 10.2. The summed E-state index contributed by atoms with van der Waals surface area (Å²) in [5.74, 6) is -1.31. The Morgan fingerprint density at radius 1 is 1.06 bits per heavy atom. The molecule has 6 heteroatoms. The third-order valence-electron chi connectivity index (χ3n) is 1.70. The number of hydrogen-bond donors (Lipinski definition) is 4. The highest BCUT2D eigenvalue weighted by molar-refractivity contribution is 5.67. The number of allylic oxidation sites excluding steroid dienone is 1. The van der Waals surface area contributed by atoms with E-state index in [1.165, 1.54) is 0 Å². The number of carboxylic acids is 2. The lowest BCUT2D eigenvalue weighted by Crippen LogP contribution is -2.06. The average Bonchev–Trinajstić information content (AvgIpc) is 2.22. The summed E-state index contributed by atoms with van der Waals surface area (Å²) in [7, 11) is 0. The Labute approximate surface area is 101 Å². The summed E-state index contributed by atoms with van der Waals surface area (Å²) < 4.78 is 0. The van der Waals surface area contributed by atoms with Gasteiger partial charge in [-0.05, 0) is 25.3 Å². The van der Waals surface area contributed by atoms with Gasteiger partial charge < -0.3 is 21.7 Å². The first-order valence-corrected chi connectivity index (χ1v) is 5.54. The van der Waals surface area contributed by atoms with E-state index in [-0.39, 0.29) is 12.8 Å². The van der Waals surface area contributed by atoms with E-state index in [9.17, 15) is 9.59 Å². The summed E-state index contributed by atoms with van der Waals surface area (Å²) in [6.07, 6.45) is 4.93. The van der Waals surface area contributed by atoms with Crippen LogP contribution in [-0.4, -0.2) is 22.2 Å². The molecule has 100 valence electrons. The van der Waals surface area contributed by atoms with Gasteiger partial charge in [-0.15, -0.1) is 0 Å². The van der Waals surface area contributed by atoms with Gasteiger partial charge in [-0.3, -0.25) is 9.59 Å². The van der Waals surface area contributed by atoms with E-state index < -0.39 is 11.9 Å². The van der Waals surface area contributed by atoms with Crippen molar-refractivity contribution in [1.29, 1.82) is 0 Å². The number of carboxylic acid groups (broad SMARTS) is 2. The zero-order valence-electron chi connectivity index (χ0n) is 10.2. The van der Waals surface area contributed by atoms with E-state index in [0.29, 0.717) is 18.7 Å². The number of hydrogen-bond acceptors (Lipinski definition) is 4. The lowest BCUT2D eigenvalue weighted by molar-refractivity contribution is -0.139. The van der Waals surface area contributed by atoms with Gasteiger partial charge in [-0.1, -0.05) is 13.3 Å². The molecule has 17 heavy (non-hydrogen) atoms. The third-order valence-corrected chi connectivity index (χ3v) is 1.70. The maximum Gasteiger partial charge on any atom is 0.303 e. The molecule has 0 rings (SSSR count). The number of unbranched alkanes of at least 4 members (excludes halogenated alkanes) is 2. The second-order valence-electron chi connectivity index (χ2n) is 3.49. The number of aliphatic carboxylic acids is 2. The molecule has 0 fully saturated rings. The molecule has 0 aromatic carbocycles. The summed E-state index contributed by atoms with van der Waals surface area (Å²) in [6.45, 7) is 2.08. The van der Waals surface area contributed by atoms with Crippen molar-refractivity contribution in [2.45, 2.75) is 45.4 Å². The van der Waals surface area contributed by atoms with Crippen LogP contribution < -0.4 is 11.5 Å². The Kier molecular flexibility index (Phi) is 12.8. The minimum absolute atomic E-state index is 0.0628. The average molecular weight is 246 g/mol. The highest BCUT2D eigenvalue weighted by atomic mass is 16.4. The Morgan fingerprint density at radius 2 is 1.47 bits per heavy atom. The highest BCUT2D eigenvalue weighted by Gasteiger charge is 1.99. The molecule has 0 aromatic rings. The van der Waals surface area contributed by atoms with E-state index in [4.69, 9.17) is 21.7 Å². The molecule has 0 aliphatic rings. The van der Waals surface area contributed by atoms with Gasteiger partial charge in [0.1, 0.15) is 0 Å². The maximum atomic E-state index is 9.90. The molecule has 0 atom stereocenters. The molecular formula is C11H22N2O4. The molecule has 0 saturated heterocycles. The van der Waals surface area contributed by atoms with Crippen molar-refractivity contribution in [3.63, 3.8) is 0 Å². The van der Waals surface area contributed by atoms with Crippen LogP contribution in [0.1, 0.15) is 45.4 Å². The Bertz CT molecular complexity index is 232. The number of carbonyl (C=O) groups is 2. The van der Waals surface area contributed by atoms with Gasteiger partial charge in [-0.2, -0.15) is 0 Å². The first kappa shape index (κ1) is 17.7. The van der Waals surface area contributed by atoms with E-state index in [2.05, 4.69) is 6.92 Å². The van der Waals surface area contributed by atoms with Gasteiger partial charge in [0.05, 0.1) is 5.82 Å². The summed E-state index contributed by atoms with van der Waals surface area (Å²) >= 11 is 0. The smallest absolute Gasteiger partial charge is 0.303 e. The van der Waals surface area contributed by atoms with Crippen LogP contribution in [0, 0.1) is 0 Å². The van der Waals surface area contributed by atoms with E-state index >= 15 is 0 Å². The third kappa shape index (κ3) is 25.0. The molecule has 0 spiro atoms. The van der Waals surface area contributed by atoms with Crippen molar-refractivity contribution in [2.75, 3.05) is 0 Å². The minimum Gasteiger partial charge on any atom is -0.481 e. The van der Waals surface area contributed by atoms with Crippen molar-refractivity contribution in [1.82, 2.24) is 0 Å². The molecule has 0 aliphatic carbocycles. The summed E-state index contributed by atoms with van der Waals surface area (Å²) in [4.78, 5) is 19.8. The van der Waals surface area contributed by atoms with Gasteiger partial charge in [0.2, 0.25) is 0 Å².